The molecule has 15 heavy (non-hydrogen) atoms. The summed E-state index contributed by atoms with van der Waals surface area (Å²) in [7, 11) is 0. The topological polar surface area (TPSA) is 18.5 Å². The first-order valence-electron chi connectivity index (χ1n) is 5.09. The lowest BCUT2D eigenvalue weighted by molar-refractivity contribution is -0.159. The molecule has 1 aromatic rings. The molecular formula is C12H15ClO2. The van der Waals surface area contributed by atoms with Crippen LogP contribution in [0.5, 0.6) is 0 Å². The van der Waals surface area contributed by atoms with Crippen LogP contribution in [0.15, 0.2) is 24.3 Å². The Balaban J connectivity index is 2.23. The van der Waals surface area contributed by atoms with E-state index >= 15 is 0 Å². The van der Waals surface area contributed by atoms with Crippen LogP contribution in [0, 0.1) is 6.92 Å². The minimum atomic E-state index is -0.633. The zero-order valence-electron chi connectivity index (χ0n) is 9.00. The van der Waals surface area contributed by atoms with Gasteiger partial charge >= 0.3 is 0 Å². The van der Waals surface area contributed by atoms with Gasteiger partial charge in [0.25, 0.3) is 0 Å². The van der Waals surface area contributed by atoms with Crippen LogP contribution in [-0.2, 0) is 15.3 Å². The normalized spacial score (nSPS) is 30.7. The lowest BCUT2D eigenvalue weighted by atomic mass is 10.1. The highest BCUT2D eigenvalue weighted by molar-refractivity contribution is 6.18. The highest BCUT2D eigenvalue weighted by Crippen LogP contribution is 2.34. The molecule has 2 nitrogen and oxygen atoms in total. The summed E-state index contributed by atoms with van der Waals surface area (Å²) in [5.41, 5.74) is 2.25. The van der Waals surface area contributed by atoms with Crippen molar-refractivity contribution in [2.24, 2.45) is 0 Å². The van der Waals surface area contributed by atoms with Crippen molar-refractivity contribution in [2.75, 3.05) is 12.5 Å². The van der Waals surface area contributed by atoms with Crippen LogP contribution < -0.4 is 0 Å². The fourth-order valence-electron chi connectivity index (χ4n) is 1.79. The van der Waals surface area contributed by atoms with Crippen molar-refractivity contribution in [1.29, 1.82) is 0 Å². The Morgan fingerprint density at radius 1 is 1.53 bits per heavy atom. The average Bonchev–Trinajstić information content (AvgIpc) is 2.62. The molecule has 1 aromatic carbocycles. The lowest BCUT2D eigenvalue weighted by Gasteiger charge is -2.23. The second-order valence-electron chi connectivity index (χ2n) is 4.02. The van der Waals surface area contributed by atoms with Crippen molar-refractivity contribution in [2.45, 2.75) is 25.7 Å². The van der Waals surface area contributed by atoms with E-state index in [0.717, 1.165) is 5.56 Å². The smallest absolute Gasteiger partial charge is 0.192 e. The van der Waals surface area contributed by atoms with Gasteiger partial charge in [0.1, 0.15) is 0 Å². The monoisotopic (exact) mass is 226 g/mol. The van der Waals surface area contributed by atoms with Gasteiger partial charge in [-0.15, -0.1) is 11.6 Å². The Morgan fingerprint density at radius 3 is 2.93 bits per heavy atom. The van der Waals surface area contributed by atoms with E-state index in [1.165, 1.54) is 5.56 Å². The molecule has 0 aromatic heterocycles. The number of ether oxygens (including phenoxy) is 2. The summed E-state index contributed by atoms with van der Waals surface area (Å²) in [5, 5.41) is 0. The Kier molecular flexibility index (Phi) is 3.01. The summed E-state index contributed by atoms with van der Waals surface area (Å²) >= 11 is 5.75. The van der Waals surface area contributed by atoms with Crippen molar-refractivity contribution < 1.29 is 9.47 Å². The van der Waals surface area contributed by atoms with Crippen LogP contribution in [0.3, 0.4) is 0 Å². The highest BCUT2D eigenvalue weighted by Gasteiger charge is 2.38. The van der Waals surface area contributed by atoms with Crippen molar-refractivity contribution in [1.82, 2.24) is 0 Å². The van der Waals surface area contributed by atoms with Crippen LogP contribution in [0.1, 0.15) is 18.1 Å². The summed E-state index contributed by atoms with van der Waals surface area (Å²) < 4.78 is 11.5. The maximum absolute atomic E-state index is 5.78. The van der Waals surface area contributed by atoms with E-state index in [4.69, 9.17) is 21.1 Å². The van der Waals surface area contributed by atoms with E-state index in [1.54, 1.807) is 0 Å². The first kappa shape index (κ1) is 10.9. The molecule has 82 valence electrons. The highest BCUT2D eigenvalue weighted by atomic mass is 35.5. The van der Waals surface area contributed by atoms with Crippen molar-refractivity contribution in [3.8, 4) is 0 Å². The largest absolute Gasteiger partial charge is 0.343 e. The maximum atomic E-state index is 5.78. The van der Waals surface area contributed by atoms with Crippen LogP contribution >= 0.6 is 11.6 Å². The average molecular weight is 227 g/mol. The predicted octanol–water partition coefficient (Wildman–Crippen LogP) is 2.82. The molecule has 0 spiro atoms. The number of benzene rings is 1. The van der Waals surface area contributed by atoms with Gasteiger partial charge in [-0.05, 0) is 13.8 Å². The number of halogens is 1. The van der Waals surface area contributed by atoms with Gasteiger partial charge in [0.05, 0.1) is 18.6 Å². The minimum absolute atomic E-state index is 0.00261. The van der Waals surface area contributed by atoms with E-state index in [0.29, 0.717) is 12.5 Å². The van der Waals surface area contributed by atoms with Gasteiger partial charge in [0.2, 0.25) is 0 Å². The summed E-state index contributed by atoms with van der Waals surface area (Å²) in [6, 6.07) is 8.16. The van der Waals surface area contributed by atoms with Gasteiger partial charge in [0, 0.05) is 5.56 Å². The summed E-state index contributed by atoms with van der Waals surface area (Å²) in [5.74, 6) is -0.160. The predicted molar refractivity (Wildman–Crippen MR) is 60.1 cm³/mol. The third-order valence-electron chi connectivity index (χ3n) is 2.65. The molecule has 1 aliphatic rings. The van der Waals surface area contributed by atoms with E-state index < -0.39 is 5.79 Å². The van der Waals surface area contributed by atoms with Crippen LogP contribution in [0.2, 0.25) is 0 Å². The molecule has 2 atom stereocenters. The Hall–Kier alpha value is -0.570. The van der Waals surface area contributed by atoms with Gasteiger partial charge in [-0.1, -0.05) is 29.8 Å². The molecular weight excluding hydrogens is 212 g/mol. The van der Waals surface area contributed by atoms with Crippen LogP contribution in [-0.4, -0.2) is 18.6 Å². The maximum Gasteiger partial charge on any atom is 0.192 e. The minimum Gasteiger partial charge on any atom is -0.343 e. The van der Waals surface area contributed by atoms with E-state index in [9.17, 15) is 0 Å². The molecule has 0 radical (unpaired) electrons. The summed E-state index contributed by atoms with van der Waals surface area (Å²) in [4.78, 5) is 0. The Morgan fingerprint density at radius 2 is 2.33 bits per heavy atom. The second kappa shape index (κ2) is 4.12. The van der Waals surface area contributed by atoms with Gasteiger partial charge in [-0.3, -0.25) is 0 Å². The molecule has 3 heteroatoms. The molecule has 0 bridgehead atoms. The van der Waals surface area contributed by atoms with E-state index in [2.05, 4.69) is 19.1 Å². The zero-order chi connectivity index (χ0) is 10.9. The van der Waals surface area contributed by atoms with Crippen molar-refractivity contribution in [3.63, 3.8) is 0 Å². The second-order valence-corrected chi connectivity index (χ2v) is 4.33. The summed E-state index contributed by atoms with van der Waals surface area (Å²) in [6.07, 6.45) is -0.00261. The molecule has 2 unspecified atom stereocenters. The number of aryl methyl sites for hydroxylation is 1. The molecule has 0 N–H and O–H groups in total. The van der Waals surface area contributed by atoms with Gasteiger partial charge in [-0.25, -0.2) is 0 Å². The Labute approximate surface area is 95.1 Å². The van der Waals surface area contributed by atoms with Gasteiger partial charge < -0.3 is 9.47 Å². The molecule has 0 amide bonds. The third kappa shape index (κ3) is 2.17. The van der Waals surface area contributed by atoms with E-state index in [1.807, 2.05) is 19.1 Å². The van der Waals surface area contributed by atoms with Crippen LogP contribution in [0.25, 0.3) is 0 Å². The molecule has 0 aliphatic carbocycles. The molecule has 2 rings (SSSR count). The molecule has 1 heterocycles. The quantitative estimate of drug-likeness (QED) is 0.722. The molecule has 0 saturated carbocycles. The number of alkyl halides is 1. The van der Waals surface area contributed by atoms with Gasteiger partial charge in [-0.2, -0.15) is 0 Å². The van der Waals surface area contributed by atoms with Crippen molar-refractivity contribution >= 4 is 11.6 Å². The fourth-order valence-corrected chi connectivity index (χ4v) is 1.95. The first-order valence-corrected chi connectivity index (χ1v) is 5.62. The van der Waals surface area contributed by atoms with Crippen LogP contribution in [0.4, 0.5) is 0 Å². The summed E-state index contributed by atoms with van der Waals surface area (Å²) in [6.45, 7) is 4.56. The van der Waals surface area contributed by atoms with E-state index in [-0.39, 0.29) is 6.10 Å². The first-order chi connectivity index (χ1) is 7.14. The number of rotatable bonds is 2. The number of hydrogen-bond acceptors (Lipinski definition) is 2. The van der Waals surface area contributed by atoms with Gasteiger partial charge in [0.15, 0.2) is 5.79 Å². The SMILES string of the molecule is Cc1cccc(C2(C)OCC(CCl)O2)c1. The molecule has 1 saturated heterocycles. The molecule has 1 fully saturated rings. The van der Waals surface area contributed by atoms with Crippen molar-refractivity contribution in [3.05, 3.63) is 35.4 Å². The number of hydrogen-bond donors (Lipinski definition) is 0. The zero-order valence-corrected chi connectivity index (χ0v) is 9.75. The third-order valence-corrected chi connectivity index (χ3v) is 2.99. The molecule has 1 aliphatic heterocycles. The standard InChI is InChI=1S/C12H15ClO2/c1-9-4-3-5-10(6-9)12(2)14-8-11(7-13)15-12/h3-6,11H,7-8H2,1-2H3. The fraction of sp³-hybridized carbons (Fsp3) is 0.500. The lowest BCUT2D eigenvalue weighted by Crippen LogP contribution is -2.24. The Bertz CT molecular complexity index is 353.